The van der Waals surface area contributed by atoms with E-state index in [0.29, 0.717) is 38.3 Å². The van der Waals surface area contributed by atoms with Gasteiger partial charge in [-0.3, -0.25) is 9.48 Å². The van der Waals surface area contributed by atoms with Crippen molar-refractivity contribution in [3.63, 3.8) is 0 Å². The Kier molecular flexibility index (Phi) is 4.79. The van der Waals surface area contributed by atoms with Crippen molar-refractivity contribution < 1.29 is 4.79 Å². The number of benzene rings is 1. The molecule has 0 radical (unpaired) electrons. The van der Waals surface area contributed by atoms with E-state index in [1.54, 1.807) is 35.1 Å². The molecule has 0 bridgehead atoms. The Bertz CT molecular complexity index is 1310. The molecule has 1 aromatic carbocycles. The van der Waals surface area contributed by atoms with Gasteiger partial charge in [-0.25, -0.2) is 9.97 Å². The molecule has 1 saturated carbocycles. The van der Waals surface area contributed by atoms with E-state index >= 15 is 0 Å². The van der Waals surface area contributed by atoms with Crippen LogP contribution in [-0.2, 0) is 11.8 Å². The average molecular weight is 453 g/mol. The van der Waals surface area contributed by atoms with E-state index in [1.807, 2.05) is 25.5 Å². The number of fused-ring (bicyclic) bond motifs is 1. The number of amides is 1. The fourth-order valence-corrected chi connectivity index (χ4v) is 4.41. The Labute approximate surface area is 188 Å². The first-order valence-corrected chi connectivity index (χ1v) is 10.5. The third-order valence-corrected chi connectivity index (χ3v) is 6.13. The lowest BCUT2D eigenvalue weighted by atomic mass is 10.1. The van der Waals surface area contributed by atoms with Crippen LogP contribution in [0.15, 0.2) is 48.9 Å². The van der Waals surface area contributed by atoms with E-state index in [9.17, 15) is 4.79 Å². The maximum atomic E-state index is 12.7. The number of carbonyl (C=O) groups excluding carboxylic acids is 1. The normalized spacial score (nSPS) is 17.6. The maximum Gasteiger partial charge on any atom is 0.229 e. The van der Waals surface area contributed by atoms with Crippen molar-refractivity contribution in [1.82, 2.24) is 19.7 Å². The summed E-state index contributed by atoms with van der Waals surface area (Å²) in [6, 6.07) is 8.88. The summed E-state index contributed by atoms with van der Waals surface area (Å²) in [7, 11) is 1.87. The summed E-state index contributed by atoms with van der Waals surface area (Å²) in [4.78, 5) is 21.5. The molecular weight excluding hydrogens is 435 g/mol. The van der Waals surface area contributed by atoms with Crippen molar-refractivity contribution in [2.75, 3.05) is 11.1 Å². The number of hydrogen-bond donors (Lipinski definition) is 2. The fraction of sp³-hybridized carbons (Fsp3) is 0.182. The number of nitrogen functional groups attached to an aromatic ring is 1. The van der Waals surface area contributed by atoms with Gasteiger partial charge < -0.3 is 11.1 Å². The van der Waals surface area contributed by atoms with Crippen LogP contribution in [0, 0.1) is 5.92 Å². The second kappa shape index (κ2) is 7.51. The van der Waals surface area contributed by atoms with Crippen molar-refractivity contribution in [3.8, 4) is 11.3 Å². The molecule has 3 heterocycles. The lowest BCUT2D eigenvalue weighted by Gasteiger charge is -2.11. The zero-order valence-corrected chi connectivity index (χ0v) is 18.0. The van der Waals surface area contributed by atoms with Gasteiger partial charge in [0.1, 0.15) is 11.6 Å². The maximum absolute atomic E-state index is 12.7. The molecule has 3 aromatic heterocycles. The number of nitrogens with one attached hydrogen (secondary N) is 1. The van der Waals surface area contributed by atoms with E-state index in [-0.39, 0.29) is 17.7 Å². The summed E-state index contributed by atoms with van der Waals surface area (Å²) in [5.74, 6) is 0.825. The van der Waals surface area contributed by atoms with Crippen LogP contribution < -0.4 is 11.1 Å². The molecule has 9 heteroatoms. The first-order chi connectivity index (χ1) is 14.9. The third kappa shape index (κ3) is 3.71. The molecule has 1 aliphatic carbocycles. The van der Waals surface area contributed by atoms with Crippen LogP contribution in [0.5, 0.6) is 0 Å². The standard InChI is InChI=1S/C22H18Cl2N6O/c1-30-10-12(8-27-30)13-7-14(13)22(31)29-19-6-11-5-18(28-21(25)15(11)9-26-19)20-16(23)3-2-4-17(20)24/h2-6,8-10,13-14H,7H2,1H3,(H2,25,28)(H,26,29,31)/t13-,14+/m0/s1. The number of pyridine rings is 2. The molecule has 0 saturated heterocycles. The summed E-state index contributed by atoms with van der Waals surface area (Å²) in [6.07, 6.45) is 6.17. The summed E-state index contributed by atoms with van der Waals surface area (Å²) >= 11 is 12.7. The van der Waals surface area contributed by atoms with Gasteiger partial charge in [0.05, 0.1) is 21.9 Å². The van der Waals surface area contributed by atoms with Crippen molar-refractivity contribution in [2.45, 2.75) is 12.3 Å². The number of anilines is 2. The van der Waals surface area contributed by atoms with Crippen LogP contribution in [0.4, 0.5) is 11.6 Å². The average Bonchev–Trinajstić information content (AvgIpc) is 3.41. The van der Waals surface area contributed by atoms with Crippen LogP contribution in [-0.4, -0.2) is 25.7 Å². The summed E-state index contributed by atoms with van der Waals surface area (Å²) < 4.78 is 1.74. The number of rotatable bonds is 4. The van der Waals surface area contributed by atoms with Gasteiger partial charge in [-0.05, 0) is 47.6 Å². The molecule has 31 heavy (non-hydrogen) atoms. The van der Waals surface area contributed by atoms with Crippen LogP contribution in [0.2, 0.25) is 10.0 Å². The molecule has 1 aliphatic rings. The van der Waals surface area contributed by atoms with Crippen molar-refractivity contribution in [2.24, 2.45) is 13.0 Å². The van der Waals surface area contributed by atoms with Gasteiger partial charge in [-0.15, -0.1) is 0 Å². The van der Waals surface area contributed by atoms with Crippen molar-refractivity contribution >= 4 is 51.5 Å². The number of hydrogen-bond acceptors (Lipinski definition) is 5. The Morgan fingerprint density at radius 2 is 2.00 bits per heavy atom. The topological polar surface area (TPSA) is 98.7 Å². The van der Waals surface area contributed by atoms with Gasteiger partial charge in [0.25, 0.3) is 0 Å². The third-order valence-electron chi connectivity index (χ3n) is 5.50. The first kappa shape index (κ1) is 19.8. The van der Waals surface area contributed by atoms with E-state index in [0.717, 1.165) is 17.4 Å². The monoisotopic (exact) mass is 452 g/mol. The molecule has 1 fully saturated rings. The van der Waals surface area contributed by atoms with Gasteiger partial charge in [0.15, 0.2) is 0 Å². The lowest BCUT2D eigenvalue weighted by Crippen LogP contribution is -2.15. The van der Waals surface area contributed by atoms with Crippen LogP contribution in [0.3, 0.4) is 0 Å². The first-order valence-electron chi connectivity index (χ1n) is 9.71. The zero-order valence-electron chi connectivity index (χ0n) is 16.5. The minimum absolute atomic E-state index is 0.0582. The minimum atomic E-state index is -0.0818. The van der Waals surface area contributed by atoms with E-state index in [2.05, 4.69) is 20.4 Å². The highest BCUT2D eigenvalue weighted by Crippen LogP contribution is 2.47. The Morgan fingerprint density at radius 3 is 2.71 bits per heavy atom. The predicted molar refractivity (Wildman–Crippen MR) is 122 cm³/mol. The van der Waals surface area contributed by atoms with Crippen LogP contribution in [0.25, 0.3) is 22.0 Å². The van der Waals surface area contributed by atoms with Crippen molar-refractivity contribution in [1.29, 1.82) is 0 Å². The highest BCUT2D eigenvalue weighted by atomic mass is 35.5. The molecule has 7 nitrogen and oxygen atoms in total. The second-order valence-corrected chi connectivity index (χ2v) is 8.48. The fourth-order valence-electron chi connectivity index (χ4n) is 3.82. The molecule has 0 spiro atoms. The molecule has 0 unspecified atom stereocenters. The Balaban J connectivity index is 1.42. The number of aromatic nitrogens is 4. The molecule has 4 aromatic rings. The van der Waals surface area contributed by atoms with Crippen LogP contribution >= 0.6 is 23.2 Å². The predicted octanol–water partition coefficient (Wildman–Crippen LogP) is 4.66. The molecule has 156 valence electrons. The second-order valence-electron chi connectivity index (χ2n) is 7.67. The van der Waals surface area contributed by atoms with E-state index < -0.39 is 0 Å². The summed E-state index contributed by atoms with van der Waals surface area (Å²) in [5.41, 5.74) is 8.40. The molecule has 0 aliphatic heterocycles. The molecule has 5 rings (SSSR count). The molecule has 3 N–H and O–H groups in total. The molecular formula is C22H18Cl2N6O. The Hall–Kier alpha value is -3.16. The number of nitrogens with two attached hydrogens (primary N) is 1. The van der Waals surface area contributed by atoms with Gasteiger partial charge in [-0.2, -0.15) is 5.10 Å². The Morgan fingerprint density at radius 1 is 1.23 bits per heavy atom. The van der Waals surface area contributed by atoms with Gasteiger partial charge in [0.2, 0.25) is 5.91 Å². The van der Waals surface area contributed by atoms with Gasteiger partial charge >= 0.3 is 0 Å². The quantitative estimate of drug-likeness (QED) is 0.468. The number of aryl methyl sites for hydroxylation is 1. The van der Waals surface area contributed by atoms with E-state index in [4.69, 9.17) is 28.9 Å². The number of nitrogens with zero attached hydrogens (tertiary/aromatic N) is 4. The highest BCUT2D eigenvalue weighted by Gasteiger charge is 2.44. The highest BCUT2D eigenvalue weighted by molar-refractivity contribution is 6.39. The van der Waals surface area contributed by atoms with Crippen molar-refractivity contribution in [3.05, 3.63) is 64.5 Å². The summed E-state index contributed by atoms with van der Waals surface area (Å²) in [5, 5.41) is 9.52. The lowest BCUT2D eigenvalue weighted by molar-refractivity contribution is -0.117. The smallest absolute Gasteiger partial charge is 0.229 e. The van der Waals surface area contributed by atoms with Gasteiger partial charge in [-0.1, -0.05) is 29.3 Å². The number of halogens is 2. The minimum Gasteiger partial charge on any atom is -0.383 e. The molecule has 1 amide bonds. The zero-order chi connectivity index (χ0) is 21.7. The molecule has 2 atom stereocenters. The largest absolute Gasteiger partial charge is 0.383 e. The van der Waals surface area contributed by atoms with Gasteiger partial charge in [0, 0.05) is 36.3 Å². The number of carbonyl (C=O) groups is 1. The van der Waals surface area contributed by atoms with E-state index in [1.165, 1.54) is 0 Å². The SMILES string of the molecule is Cn1cc([C@@H]2C[C@H]2C(=O)Nc2cc3cc(-c4c(Cl)cccc4Cl)nc(N)c3cn2)cn1. The van der Waals surface area contributed by atoms with Crippen LogP contribution in [0.1, 0.15) is 17.9 Å². The summed E-state index contributed by atoms with van der Waals surface area (Å²) in [6.45, 7) is 0.